The van der Waals surface area contributed by atoms with Gasteiger partial charge in [0, 0.05) is 48.8 Å². The van der Waals surface area contributed by atoms with E-state index in [0.29, 0.717) is 0 Å². The summed E-state index contributed by atoms with van der Waals surface area (Å²) >= 11 is 0. The molecule has 3 rings (SSSR count). The van der Waals surface area contributed by atoms with Gasteiger partial charge >= 0.3 is 59.1 Å². The van der Waals surface area contributed by atoms with Crippen molar-refractivity contribution >= 4 is 30.1 Å². The molecule has 0 aliphatic rings. The van der Waals surface area contributed by atoms with E-state index in [1.165, 1.54) is 0 Å². The van der Waals surface area contributed by atoms with Crippen LogP contribution in [0.4, 0.5) is 0 Å². The van der Waals surface area contributed by atoms with Crippen molar-refractivity contribution in [1.29, 1.82) is 0 Å². The van der Waals surface area contributed by atoms with Gasteiger partial charge in [-0.15, -0.1) is 0 Å². The number of fused-ring (bicyclic) bond motifs is 1. The first-order chi connectivity index (χ1) is 16.6. The average molecular weight is 544 g/mol. The van der Waals surface area contributed by atoms with Crippen molar-refractivity contribution in [2.75, 3.05) is 6.16 Å². The molecule has 3 unspecified atom stereocenters. The summed E-state index contributed by atoms with van der Waals surface area (Å²) in [6, 6.07) is 15.2. The molecule has 1 amide bonds. The monoisotopic (exact) mass is 543 g/mol. The summed E-state index contributed by atoms with van der Waals surface area (Å²) in [7, 11) is -4.17. The number of amides is 1. The molecule has 1 heterocycles. The van der Waals surface area contributed by atoms with Crippen LogP contribution in [0, 0.1) is 11.8 Å². The SMILES string of the molecule is CC(C)CC(CP(=O)([O-])C(N)Cc1ccccc1)C(=O)N[C@@H](Cc1c[nH]c2ccccc12)C(=O)[O-].[Na+].[Na+]. The Hall–Kier alpha value is -0.930. The summed E-state index contributed by atoms with van der Waals surface area (Å²) in [5.41, 5.74) is 8.40. The normalized spacial score (nSPS) is 15.1. The van der Waals surface area contributed by atoms with E-state index in [-0.39, 0.29) is 84.3 Å². The topological polar surface area (TPSA) is 151 Å². The van der Waals surface area contributed by atoms with Crippen LogP contribution in [0.25, 0.3) is 10.9 Å². The molecule has 2 aromatic carbocycles. The standard InChI is InChI=1S/C26H34N3O5P.2Na/c1-17(2)12-20(16-35(33,34)24(27)13-18-8-4-3-5-9-18)25(30)29-23(26(31)32)14-19-15-28-22-11-7-6-10-21(19)22;;/h3-11,15,17,20,23-24,28H,12-14,16,27H2,1-2H3,(H,29,30)(H,31,32)(H,33,34);;/q;2*+1/p-2/t20?,23-,24?;;/m0../s1. The Labute approximate surface area is 262 Å². The third-order valence-electron chi connectivity index (χ3n) is 6.09. The number of benzene rings is 2. The number of nitrogens with one attached hydrogen (secondary N) is 2. The zero-order valence-electron chi connectivity index (χ0n) is 22.0. The second-order valence-electron chi connectivity index (χ2n) is 9.44. The fraction of sp³-hybridized carbons (Fsp3) is 0.385. The van der Waals surface area contributed by atoms with Crippen LogP contribution in [0.15, 0.2) is 60.8 Å². The van der Waals surface area contributed by atoms with Crippen molar-refractivity contribution in [3.8, 4) is 0 Å². The summed E-state index contributed by atoms with van der Waals surface area (Å²) < 4.78 is 13.0. The number of rotatable bonds is 12. The van der Waals surface area contributed by atoms with Gasteiger partial charge in [-0.1, -0.05) is 62.4 Å². The Morgan fingerprint density at radius 1 is 1.03 bits per heavy atom. The van der Waals surface area contributed by atoms with Gasteiger partial charge in [0.15, 0.2) is 0 Å². The second kappa shape index (κ2) is 15.6. The number of carbonyl (C=O) groups is 2. The molecule has 0 saturated heterocycles. The maximum atomic E-state index is 13.1. The smallest absolute Gasteiger partial charge is 0.798 e. The van der Waals surface area contributed by atoms with Crippen LogP contribution in [-0.4, -0.2) is 34.8 Å². The molecule has 0 radical (unpaired) electrons. The molecular formula is C26H32N3Na2O5P. The molecule has 0 bridgehead atoms. The van der Waals surface area contributed by atoms with Gasteiger partial charge in [-0.05, 0) is 36.0 Å². The minimum Gasteiger partial charge on any atom is -0.798 e. The number of carbonyl (C=O) groups excluding carboxylic acids is 2. The van der Waals surface area contributed by atoms with Crippen molar-refractivity contribution in [2.24, 2.45) is 17.6 Å². The first-order valence-corrected chi connectivity index (χ1v) is 13.6. The van der Waals surface area contributed by atoms with E-state index in [9.17, 15) is 24.2 Å². The van der Waals surface area contributed by atoms with Crippen LogP contribution in [0.3, 0.4) is 0 Å². The van der Waals surface area contributed by atoms with E-state index in [4.69, 9.17) is 5.73 Å². The van der Waals surface area contributed by atoms with E-state index in [1.807, 2.05) is 44.2 Å². The van der Waals surface area contributed by atoms with Crippen LogP contribution in [0.2, 0.25) is 0 Å². The molecule has 3 aromatic rings. The maximum absolute atomic E-state index is 13.1. The van der Waals surface area contributed by atoms with Crippen molar-refractivity contribution in [3.05, 3.63) is 71.9 Å². The van der Waals surface area contributed by atoms with E-state index in [1.54, 1.807) is 30.5 Å². The summed E-state index contributed by atoms with van der Waals surface area (Å²) in [5.74, 6) is -4.11. The number of H-pyrrole nitrogens is 1. The summed E-state index contributed by atoms with van der Waals surface area (Å²) in [6.45, 7) is 3.75. The van der Waals surface area contributed by atoms with Crippen molar-refractivity contribution in [3.63, 3.8) is 0 Å². The van der Waals surface area contributed by atoms with Crippen LogP contribution in [0.1, 0.15) is 31.4 Å². The van der Waals surface area contributed by atoms with E-state index in [2.05, 4.69) is 10.3 Å². The van der Waals surface area contributed by atoms with Gasteiger partial charge in [0.2, 0.25) is 5.91 Å². The van der Waals surface area contributed by atoms with Gasteiger partial charge in [-0.2, -0.15) is 0 Å². The quantitative estimate of drug-likeness (QED) is 0.156. The fourth-order valence-corrected chi connectivity index (χ4v) is 5.96. The average Bonchev–Trinajstić information content (AvgIpc) is 3.21. The van der Waals surface area contributed by atoms with E-state index in [0.717, 1.165) is 22.0 Å². The zero-order valence-corrected chi connectivity index (χ0v) is 26.9. The Morgan fingerprint density at radius 3 is 2.27 bits per heavy atom. The Kier molecular flexibility index (Phi) is 14.4. The number of aromatic nitrogens is 1. The van der Waals surface area contributed by atoms with E-state index < -0.39 is 43.1 Å². The second-order valence-corrected chi connectivity index (χ2v) is 11.9. The molecule has 0 aliphatic carbocycles. The molecule has 37 heavy (non-hydrogen) atoms. The molecule has 188 valence electrons. The summed E-state index contributed by atoms with van der Waals surface area (Å²) in [6.07, 6.45) is 1.70. The van der Waals surface area contributed by atoms with E-state index >= 15 is 0 Å². The Bertz CT molecular complexity index is 1210. The van der Waals surface area contributed by atoms with Crippen LogP contribution in [0.5, 0.6) is 0 Å². The number of carboxylic acids is 1. The van der Waals surface area contributed by atoms with Gasteiger partial charge in [0.1, 0.15) is 0 Å². The molecule has 0 fully saturated rings. The van der Waals surface area contributed by atoms with Crippen molar-refractivity contribution < 1.29 is 83.3 Å². The fourth-order valence-electron chi connectivity index (χ4n) is 4.27. The van der Waals surface area contributed by atoms with Gasteiger partial charge in [-0.3, -0.25) is 4.79 Å². The molecule has 4 N–H and O–H groups in total. The molecule has 4 atom stereocenters. The third kappa shape index (κ3) is 9.95. The van der Waals surface area contributed by atoms with Crippen LogP contribution in [-0.2, 0) is 27.0 Å². The number of nitrogens with two attached hydrogens (primary N) is 1. The first-order valence-electron chi connectivity index (χ1n) is 11.7. The number of para-hydroxylation sites is 1. The number of carboxylic acid groups (broad SMARTS) is 1. The Morgan fingerprint density at radius 2 is 1.65 bits per heavy atom. The summed E-state index contributed by atoms with van der Waals surface area (Å²) in [4.78, 5) is 41.1. The predicted octanol–water partition coefficient (Wildman–Crippen LogP) is -4.22. The summed E-state index contributed by atoms with van der Waals surface area (Å²) in [5, 5.41) is 15.2. The van der Waals surface area contributed by atoms with Gasteiger partial charge in [0.25, 0.3) is 0 Å². The largest absolute Gasteiger partial charge is 1.00 e. The minimum absolute atomic E-state index is 0. The number of aromatic amines is 1. The zero-order chi connectivity index (χ0) is 25.6. The third-order valence-corrected chi connectivity index (χ3v) is 8.24. The number of hydrogen-bond donors (Lipinski definition) is 3. The molecule has 11 heteroatoms. The van der Waals surface area contributed by atoms with Gasteiger partial charge < -0.3 is 35.4 Å². The maximum Gasteiger partial charge on any atom is 1.00 e. The minimum atomic E-state index is -4.17. The molecule has 0 saturated carbocycles. The first kappa shape index (κ1) is 34.1. The van der Waals surface area contributed by atoms with Crippen LogP contribution >= 0.6 is 7.37 Å². The van der Waals surface area contributed by atoms with Crippen LogP contribution < -0.4 is 80.2 Å². The Balaban J connectivity index is 0.00000342. The number of aliphatic carboxylic acids is 1. The predicted molar refractivity (Wildman–Crippen MR) is 132 cm³/mol. The van der Waals surface area contributed by atoms with Crippen molar-refractivity contribution in [1.82, 2.24) is 10.3 Å². The number of hydrogen-bond acceptors (Lipinski definition) is 6. The molecular weight excluding hydrogens is 511 g/mol. The van der Waals surface area contributed by atoms with Crippen molar-refractivity contribution in [2.45, 2.75) is 44.9 Å². The molecule has 0 aliphatic heterocycles. The van der Waals surface area contributed by atoms with Gasteiger partial charge in [0.05, 0.1) is 12.0 Å². The van der Waals surface area contributed by atoms with Gasteiger partial charge in [-0.25, -0.2) is 0 Å². The molecule has 0 spiro atoms. The molecule has 8 nitrogen and oxygen atoms in total. The molecule has 1 aromatic heterocycles.